The monoisotopic (exact) mass is 340 g/mol. The van der Waals surface area contributed by atoms with Crippen LogP contribution in [0.2, 0.25) is 0 Å². The summed E-state index contributed by atoms with van der Waals surface area (Å²) in [6.07, 6.45) is 7.89. The van der Waals surface area contributed by atoms with Crippen molar-refractivity contribution in [1.29, 1.82) is 0 Å². The minimum Gasteiger partial charge on any atom is -0.369 e. The lowest BCUT2D eigenvalue weighted by atomic mass is 9.91. The average Bonchev–Trinajstić information content (AvgIpc) is 3.27. The Kier molecular flexibility index (Phi) is 3.55. The summed E-state index contributed by atoms with van der Waals surface area (Å²) in [5, 5.41) is 0. The zero-order chi connectivity index (χ0) is 17.0. The van der Waals surface area contributed by atoms with Crippen molar-refractivity contribution in [3.05, 3.63) is 34.9 Å². The molecule has 6 heteroatoms. The van der Waals surface area contributed by atoms with E-state index in [0.717, 1.165) is 23.4 Å². The number of likely N-dealkylation sites (tertiary alicyclic amines) is 1. The number of guanidine groups is 1. The van der Waals surface area contributed by atoms with Crippen LogP contribution < -0.4 is 22.3 Å². The molecule has 0 radical (unpaired) electrons. The van der Waals surface area contributed by atoms with Gasteiger partial charge < -0.3 is 5.73 Å². The molecule has 0 spiro atoms. The van der Waals surface area contributed by atoms with Crippen molar-refractivity contribution in [3.63, 3.8) is 0 Å². The standard InChI is InChI=1S/C19H28N6/c20-18-22-19(21,24-23-18)16-6-5-12-9-13-3-4-14(10-15(12)11-16)17(13)25-7-1-2-8-25/h5-6,11,13-14,17,24H,1-4,7-10,21H2,(H3,20,22,23). The number of nitrogens with one attached hydrogen (secondary N) is 2. The number of aliphatic imine (C=N–C) groups is 1. The van der Waals surface area contributed by atoms with Gasteiger partial charge in [0.25, 0.3) is 0 Å². The zero-order valence-corrected chi connectivity index (χ0v) is 14.7. The lowest BCUT2D eigenvalue weighted by molar-refractivity contribution is 0.159. The van der Waals surface area contributed by atoms with E-state index in [1.165, 1.54) is 62.7 Å². The van der Waals surface area contributed by atoms with Gasteiger partial charge in [0.05, 0.1) is 0 Å². The van der Waals surface area contributed by atoms with Crippen molar-refractivity contribution in [2.45, 2.75) is 50.4 Å². The summed E-state index contributed by atoms with van der Waals surface area (Å²) < 4.78 is 0. The zero-order valence-electron chi connectivity index (χ0n) is 14.7. The van der Waals surface area contributed by atoms with Gasteiger partial charge in [-0.05, 0) is 74.6 Å². The third-order valence-corrected chi connectivity index (χ3v) is 6.73. The molecular formula is C19H28N6. The molecule has 1 saturated carbocycles. The molecule has 1 saturated heterocycles. The first kappa shape index (κ1) is 15.6. The third-order valence-electron chi connectivity index (χ3n) is 6.73. The Morgan fingerprint density at radius 3 is 2.48 bits per heavy atom. The second-order valence-corrected chi connectivity index (χ2v) is 8.24. The van der Waals surface area contributed by atoms with Gasteiger partial charge in [-0.2, -0.15) is 5.43 Å². The highest BCUT2D eigenvalue weighted by atomic mass is 15.6. The lowest BCUT2D eigenvalue weighted by Gasteiger charge is -2.32. The van der Waals surface area contributed by atoms with Crippen molar-refractivity contribution >= 4 is 5.96 Å². The number of nitrogens with two attached hydrogens (primary N) is 2. The predicted molar refractivity (Wildman–Crippen MR) is 98.4 cm³/mol. The van der Waals surface area contributed by atoms with E-state index in [9.17, 15) is 0 Å². The Balaban J connectivity index is 1.46. The molecule has 6 nitrogen and oxygen atoms in total. The number of hydrogen-bond donors (Lipinski definition) is 4. The first-order chi connectivity index (χ1) is 12.1. The minimum atomic E-state index is -0.960. The molecule has 4 aliphatic rings. The van der Waals surface area contributed by atoms with E-state index in [1.807, 2.05) is 0 Å². The molecule has 2 bridgehead atoms. The first-order valence-corrected chi connectivity index (χ1v) is 9.66. The molecule has 4 unspecified atom stereocenters. The van der Waals surface area contributed by atoms with Crippen molar-refractivity contribution in [3.8, 4) is 0 Å². The van der Waals surface area contributed by atoms with E-state index in [-0.39, 0.29) is 0 Å². The summed E-state index contributed by atoms with van der Waals surface area (Å²) in [5.74, 6) is 0.989. The van der Waals surface area contributed by atoms with Gasteiger partial charge in [-0.1, -0.05) is 18.2 Å². The number of hydrazine groups is 1. The molecule has 2 aliphatic carbocycles. The molecule has 4 atom stereocenters. The second-order valence-electron chi connectivity index (χ2n) is 8.24. The van der Waals surface area contributed by atoms with Crippen molar-refractivity contribution in [2.75, 3.05) is 13.1 Å². The number of nitrogens with zero attached hydrogens (tertiary/aromatic N) is 2. The van der Waals surface area contributed by atoms with E-state index < -0.39 is 5.79 Å². The normalized spacial score (nSPS) is 37.5. The minimum absolute atomic E-state index is 0.339. The number of benzene rings is 1. The van der Waals surface area contributed by atoms with Crippen molar-refractivity contribution < 1.29 is 0 Å². The summed E-state index contributed by atoms with van der Waals surface area (Å²) in [7, 11) is 0. The van der Waals surface area contributed by atoms with Crippen molar-refractivity contribution in [2.24, 2.45) is 28.3 Å². The lowest BCUT2D eigenvalue weighted by Crippen LogP contribution is -2.50. The average molecular weight is 340 g/mol. The maximum absolute atomic E-state index is 6.40. The van der Waals surface area contributed by atoms with Gasteiger partial charge >= 0.3 is 0 Å². The maximum Gasteiger partial charge on any atom is 0.209 e. The Labute approximate surface area is 149 Å². The second kappa shape index (κ2) is 5.69. The van der Waals surface area contributed by atoms with E-state index in [0.29, 0.717) is 5.96 Å². The molecule has 1 aromatic rings. The van der Waals surface area contributed by atoms with Crippen molar-refractivity contribution in [1.82, 2.24) is 15.8 Å². The fourth-order valence-electron chi connectivity index (χ4n) is 5.60. The molecule has 1 aromatic carbocycles. The summed E-state index contributed by atoms with van der Waals surface area (Å²) in [4.78, 5) is 7.12. The van der Waals surface area contributed by atoms with Crippen LogP contribution in [0.1, 0.15) is 42.4 Å². The van der Waals surface area contributed by atoms with E-state index in [4.69, 9.17) is 11.5 Å². The number of hydrogen-bond acceptors (Lipinski definition) is 6. The van der Waals surface area contributed by atoms with Crippen LogP contribution in [-0.2, 0) is 18.6 Å². The molecular weight excluding hydrogens is 312 g/mol. The molecule has 6 N–H and O–H groups in total. The van der Waals surface area contributed by atoms with Gasteiger partial charge in [-0.15, -0.1) is 0 Å². The molecule has 0 aromatic heterocycles. The molecule has 25 heavy (non-hydrogen) atoms. The van der Waals surface area contributed by atoms with E-state index in [1.54, 1.807) is 0 Å². The van der Waals surface area contributed by atoms with Crippen LogP contribution in [0.5, 0.6) is 0 Å². The highest BCUT2D eigenvalue weighted by Crippen LogP contribution is 2.44. The van der Waals surface area contributed by atoms with Gasteiger partial charge in [0, 0.05) is 11.6 Å². The van der Waals surface area contributed by atoms with Gasteiger partial charge in [0.2, 0.25) is 11.7 Å². The molecule has 0 amide bonds. The van der Waals surface area contributed by atoms with E-state index in [2.05, 4.69) is 38.9 Å². The van der Waals surface area contributed by atoms with Gasteiger partial charge in [0.1, 0.15) is 0 Å². The molecule has 5 rings (SSSR count). The topological polar surface area (TPSA) is 91.7 Å². The fourth-order valence-corrected chi connectivity index (χ4v) is 5.60. The molecule has 2 fully saturated rings. The quantitative estimate of drug-likeness (QED) is 0.638. The Morgan fingerprint density at radius 1 is 1.08 bits per heavy atom. The fraction of sp³-hybridized carbons (Fsp3) is 0.632. The SMILES string of the molecule is NC1=NC(N)(c2ccc3c(c2)CC2CCC(C3)C2N2CCCC2)NN1. The molecule has 2 aliphatic heterocycles. The van der Waals surface area contributed by atoms with Crippen LogP contribution in [0.15, 0.2) is 23.2 Å². The van der Waals surface area contributed by atoms with Crippen LogP contribution in [0.4, 0.5) is 0 Å². The summed E-state index contributed by atoms with van der Waals surface area (Å²) in [6, 6.07) is 7.42. The number of rotatable bonds is 2. The Hall–Kier alpha value is -1.63. The van der Waals surface area contributed by atoms with Crippen LogP contribution in [0, 0.1) is 11.8 Å². The molecule has 2 heterocycles. The van der Waals surface area contributed by atoms with Crippen LogP contribution in [0.3, 0.4) is 0 Å². The summed E-state index contributed by atoms with van der Waals surface area (Å²) in [6.45, 7) is 2.60. The summed E-state index contributed by atoms with van der Waals surface area (Å²) >= 11 is 0. The highest BCUT2D eigenvalue weighted by Gasteiger charge is 2.43. The number of fused-ring (bicyclic) bond motifs is 3. The largest absolute Gasteiger partial charge is 0.369 e. The van der Waals surface area contributed by atoms with Gasteiger partial charge in [0.15, 0.2) is 0 Å². The third kappa shape index (κ3) is 2.55. The Morgan fingerprint density at radius 2 is 1.80 bits per heavy atom. The Bertz CT molecular complexity index is 710. The van der Waals surface area contributed by atoms with Gasteiger partial charge in [-0.25, -0.2) is 4.99 Å². The predicted octanol–water partition coefficient (Wildman–Crippen LogP) is 0.767. The van der Waals surface area contributed by atoms with Crippen LogP contribution >= 0.6 is 0 Å². The maximum atomic E-state index is 6.40. The highest BCUT2D eigenvalue weighted by molar-refractivity contribution is 5.79. The van der Waals surface area contributed by atoms with E-state index >= 15 is 0 Å². The van der Waals surface area contributed by atoms with Crippen LogP contribution in [0.25, 0.3) is 0 Å². The molecule has 134 valence electrons. The first-order valence-electron chi connectivity index (χ1n) is 9.66. The van der Waals surface area contributed by atoms with Crippen LogP contribution in [-0.4, -0.2) is 30.0 Å². The summed E-state index contributed by atoms with van der Waals surface area (Å²) in [5.41, 5.74) is 21.9. The van der Waals surface area contributed by atoms with Gasteiger partial charge in [-0.3, -0.25) is 16.1 Å². The smallest absolute Gasteiger partial charge is 0.209 e.